The third kappa shape index (κ3) is 3.89. The number of piperidine rings is 1. The molecule has 3 rings (SSSR count). The number of nitrogens with two attached hydrogens (primary N) is 1. The lowest BCUT2D eigenvalue weighted by atomic mass is 9.96. The molecule has 2 N–H and O–H groups in total. The molecule has 1 aromatic carbocycles. The van der Waals surface area contributed by atoms with Gasteiger partial charge in [-0.3, -0.25) is 4.79 Å². The number of halogens is 3. The highest BCUT2D eigenvalue weighted by molar-refractivity contribution is 5.77. The average molecular weight is 350 g/mol. The summed E-state index contributed by atoms with van der Waals surface area (Å²) in [4.78, 5) is 20.9. The molecule has 0 atom stereocenters. The van der Waals surface area contributed by atoms with Crippen LogP contribution in [0.2, 0.25) is 0 Å². The zero-order valence-electron chi connectivity index (χ0n) is 13.3. The molecule has 0 bridgehead atoms. The largest absolute Gasteiger partial charge is 0.433 e. The second-order valence-corrected chi connectivity index (χ2v) is 5.97. The number of nitrogens with zero attached hydrogens (tertiary/aromatic N) is 3. The van der Waals surface area contributed by atoms with Crippen LogP contribution in [0.4, 0.5) is 19.1 Å². The molecule has 1 aromatic heterocycles. The number of carbonyl (C=O) groups excluding carboxylic acids is 1. The van der Waals surface area contributed by atoms with Gasteiger partial charge in [-0.05, 0) is 18.9 Å². The van der Waals surface area contributed by atoms with Crippen molar-refractivity contribution in [2.45, 2.75) is 19.0 Å². The predicted octanol–water partition coefficient (Wildman–Crippen LogP) is 2.86. The van der Waals surface area contributed by atoms with E-state index in [0.717, 1.165) is 6.07 Å². The van der Waals surface area contributed by atoms with E-state index in [1.807, 2.05) is 0 Å². The number of primary amides is 1. The van der Waals surface area contributed by atoms with Gasteiger partial charge in [0.05, 0.1) is 5.69 Å². The van der Waals surface area contributed by atoms with Gasteiger partial charge < -0.3 is 10.6 Å². The van der Waals surface area contributed by atoms with Crippen molar-refractivity contribution in [1.29, 1.82) is 0 Å². The number of carbonyl (C=O) groups is 1. The van der Waals surface area contributed by atoms with Crippen molar-refractivity contribution in [3.8, 4) is 11.3 Å². The first-order valence-corrected chi connectivity index (χ1v) is 7.90. The van der Waals surface area contributed by atoms with E-state index in [0.29, 0.717) is 31.5 Å². The summed E-state index contributed by atoms with van der Waals surface area (Å²) in [6.45, 7) is 0.784. The minimum atomic E-state index is -4.56. The highest BCUT2D eigenvalue weighted by atomic mass is 19.4. The molecule has 0 spiro atoms. The Morgan fingerprint density at radius 3 is 2.32 bits per heavy atom. The Morgan fingerprint density at radius 2 is 1.76 bits per heavy atom. The van der Waals surface area contributed by atoms with E-state index in [-0.39, 0.29) is 23.5 Å². The van der Waals surface area contributed by atoms with Gasteiger partial charge in [0.15, 0.2) is 5.69 Å². The van der Waals surface area contributed by atoms with Gasteiger partial charge >= 0.3 is 6.18 Å². The third-order valence-corrected chi connectivity index (χ3v) is 4.25. The number of anilines is 1. The first kappa shape index (κ1) is 17.2. The molecule has 2 heterocycles. The van der Waals surface area contributed by atoms with Crippen molar-refractivity contribution in [3.05, 3.63) is 42.1 Å². The minimum absolute atomic E-state index is 0.0246. The smallest absolute Gasteiger partial charge is 0.369 e. The van der Waals surface area contributed by atoms with Gasteiger partial charge in [0.2, 0.25) is 11.9 Å². The summed E-state index contributed by atoms with van der Waals surface area (Å²) in [5.74, 6) is -0.609. The van der Waals surface area contributed by atoms with Crippen molar-refractivity contribution in [2.24, 2.45) is 11.7 Å². The molecule has 1 fully saturated rings. The predicted molar refractivity (Wildman–Crippen MR) is 86.6 cm³/mol. The lowest BCUT2D eigenvalue weighted by Gasteiger charge is -2.31. The molecule has 132 valence electrons. The molecule has 0 unspecified atom stereocenters. The van der Waals surface area contributed by atoms with Gasteiger partial charge in [0, 0.05) is 24.6 Å². The maximum atomic E-state index is 13.2. The van der Waals surface area contributed by atoms with Gasteiger partial charge in [0.1, 0.15) is 0 Å². The quantitative estimate of drug-likeness (QED) is 0.924. The topological polar surface area (TPSA) is 72.1 Å². The number of amides is 1. The molecule has 8 heteroatoms. The van der Waals surface area contributed by atoms with E-state index in [9.17, 15) is 18.0 Å². The molecule has 2 aromatic rings. The molecule has 0 aliphatic carbocycles. The van der Waals surface area contributed by atoms with Gasteiger partial charge in [-0.25, -0.2) is 9.97 Å². The van der Waals surface area contributed by atoms with Crippen LogP contribution in [-0.4, -0.2) is 29.0 Å². The van der Waals surface area contributed by atoms with Crippen LogP contribution >= 0.6 is 0 Å². The molecule has 1 aliphatic heterocycles. The number of benzene rings is 1. The Kier molecular flexibility index (Phi) is 4.61. The lowest BCUT2D eigenvalue weighted by molar-refractivity contribution is -0.141. The fourth-order valence-electron chi connectivity index (χ4n) is 2.84. The van der Waals surface area contributed by atoms with E-state index in [1.54, 1.807) is 35.2 Å². The molecule has 25 heavy (non-hydrogen) atoms. The molecule has 5 nitrogen and oxygen atoms in total. The van der Waals surface area contributed by atoms with Gasteiger partial charge in [-0.1, -0.05) is 30.3 Å². The Morgan fingerprint density at radius 1 is 1.12 bits per heavy atom. The number of hydrogen-bond donors (Lipinski definition) is 1. The zero-order valence-corrected chi connectivity index (χ0v) is 13.3. The van der Waals surface area contributed by atoms with Crippen LogP contribution in [0.3, 0.4) is 0 Å². The molecule has 0 radical (unpaired) electrons. The number of alkyl halides is 3. The monoisotopic (exact) mass is 350 g/mol. The van der Waals surface area contributed by atoms with Crippen LogP contribution in [0.25, 0.3) is 11.3 Å². The fraction of sp³-hybridized carbons (Fsp3) is 0.353. The Hall–Kier alpha value is -2.64. The fourth-order valence-corrected chi connectivity index (χ4v) is 2.84. The average Bonchev–Trinajstić information content (AvgIpc) is 2.61. The van der Waals surface area contributed by atoms with Gasteiger partial charge in [0.25, 0.3) is 0 Å². The summed E-state index contributed by atoms with van der Waals surface area (Å²) in [7, 11) is 0. The van der Waals surface area contributed by atoms with Crippen LogP contribution in [0.1, 0.15) is 18.5 Å². The van der Waals surface area contributed by atoms with Crippen LogP contribution in [0, 0.1) is 5.92 Å². The Bertz CT molecular complexity index is 756. The summed E-state index contributed by atoms with van der Waals surface area (Å²) in [6.07, 6.45) is -3.60. The molecule has 1 amide bonds. The maximum Gasteiger partial charge on any atom is 0.433 e. The molecular weight excluding hydrogens is 333 g/mol. The normalized spacial score (nSPS) is 16.0. The van der Waals surface area contributed by atoms with Crippen molar-refractivity contribution in [3.63, 3.8) is 0 Å². The van der Waals surface area contributed by atoms with Crippen LogP contribution in [0.5, 0.6) is 0 Å². The van der Waals surface area contributed by atoms with Crippen LogP contribution in [-0.2, 0) is 11.0 Å². The zero-order chi connectivity index (χ0) is 18.0. The summed E-state index contributed by atoms with van der Waals surface area (Å²) in [5, 5.41) is 0. The van der Waals surface area contributed by atoms with E-state index in [4.69, 9.17) is 5.73 Å². The number of rotatable bonds is 3. The van der Waals surface area contributed by atoms with E-state index in [2.05, 4.69) is 9.97 Å². The van der Waals surface area contributed by atoms with Gasteiger partial charge in [-0.15, -0.1) is 0 Å². The molecule has 1 saturated heterocycles. The number of aromatic nitrogens is 2. The summed E-state index contributed by atoms with van der Waals surface area (Å²) in [5.41, 5.74) is 5.12. The number of hydrogen-bond acceptors (Lipinski definition) is 4. The SMILES string of the molecule is NC(=O)C1CCN(c2nc(-c3ccccc3)cc(C(F)(F)F)n2)CC1. The maximum absolute atomic E-state index is 13.2. The van der Waals surface area contributed by atoms with E-state index in [1.165, 1.54) is 0 Å². The van der Waals surface area contributed by atoms with Crippen molar-refractivity contribution in [1.82, 2.24) is 9.97 Å². The standard InChI is InChI=1S/C17H17F3N4O/c18-17(19,20)14-10-13(11-4-2-1-3-5-11)22-16(23-14)24-8-6-12(7-9-24)15(21)25/h1-5,10,12H,6-9H2,(H2,21,25). The van der Waals surface area contributed by atoms with Crippen molar-refractivity contribution >= 4 is 11.9 Å². The molecule has 1 aliphatic rings. The molecule has 0 saturated carbocycles. The molecular formula is C17H17F3N4O. The second kappa shape index (κ2) is 6.70. The highest BCUT2D eigenvalue weighted by Crippen LogP contribution is 2.32. The second-order valence-electron chi connectivity index (χ2n) is 5.97. The van der Waals surface area contributed by atoms with E-state index < -0.39 is 11.9 Å². The summed E-state index contributed by atoms with van der Waals surface area (Å²) in [6, 6.07) is 9.61. The highest BCUT2D eigenvalue weighted by Gasteiger charge is 2.35. The van der Waals surface area contributed by atoms with Crippen molar-refractivity contribution < 1.29 is 18.0 Å². The lowest BCUT2D eigenvalue weighted by Crippen LogP contribution is -2.39. The third-order valence-electron chi connectivity index (χ3n) is 4.25. The van der Waals surface area contributed by atoms with Crippen LogP contribution < -0.4 is 10.6 Å². The first-order valence-electron chi connectivity index (χ1n) is 7.90. The first-order chi connectivity index (χ1) is 11.8. The van der Waals surface area contributed by atoms with Crippen LogP contribution in [0.15, 0.2) is 36.4 Å². The Balaban J connectivity index is 1.95. The van der Waals surface area contributed by atoms with Gasteiger partial charge in [-0.2, -0.15) is 13.2 Å². The van der Waals surface area contributed by atoms with Crippen molar-refractivity contribution in [2.75, 3.05) is 18.0 Å². The summed E-state index contributed by atoms with van der Waals surface area (Å²) >= 11 is 0. The van der Waals surface area contributed by atoms with E-state index >= 15 is 0 Å². The Labute approximate surface area is 142 Å². The summed E-state index contributed by atoms with van der Waals surface area (Å²) < 4.78 is 39.7. The minimum Gasteiger partial charge on any atom is -0.369 e.